The van der Waals surface area contributed by atoms with Gasteiger partial charge in [0.05, 0.1) is 4.90 Å². The molecule has 0 atom stereocenters. The Balaban J connectivity index is 3.05. The van der Waals surface area contributed by atoms with E-state index in [1.807, 2.05) is 0 Å². The van der Waals surface area contributed by atoms with Crippen molar-refractivity contribution in [2.45, 2.75) is 11.8 Å². The highest BCUT2D eigenvalue weighted by Gasteiger charge is 2.14. The number of sulfonamides is 1. The standard InChI is InChI=1S/C8H8FNO3S/c1-6(11)10-14(12,13)8-4-2-7(9)3-5-8/h2-5H,1H3,(H,10,11). The van der Waals surface area contributed by atoms with E-state index in [2.05, 4.69) is 0 Å². The first-order valence-corrected chi connectivity index (χ1v) is 5.19. The lowest BCUT2D eigenvalue weighted by atomic mass is 10.4. The molecule has 0 radical (unpaired) electrons. The summed E-state index contributed by atoms with van der Waals surface area (Å²) in [5.74, 6) is -1.22. The fourth-order valence-electron chi connectivity index (χ4n) is 0.862. The fourth-order valence-corrected chi connectivity index (χ4v) is 1.85. The minimum absolute atomic E-state index is 0.144. The molecule has 0 spiro atoms. The molecule has 0 aliphatic heterocycles. The van der Waals surface area contributed by atoms with Gasteiger partial charge < -0.3 is 0 Å². The first kappa shape index (κ1) is 10.6. The molecule has 14 heavy (non-hydrogen) atoms. The van der Waals surface area contributed by atoms with Crippen molar-refractivity contribution in [3.05, 3.63) is 30.1 Å². The summed E-state index contributed by atoms with van der Waals surface area (Å²) in [6.45, 7) is 1.08. The van der Waals surface area contributed by atoms with Crippen LogP contribution in [0.1, 0.15) is 6.92 Å². The lowest BCUT2D eigenvalue weighted by Gasteiger charge is -2.03. The maximum Gasteiger partial charge on any atom is 0.264 e. The van der Waals surface area contributed by atoms with E-state index in [1.165, 1.54) is 0 Å². The van der Waals surface area contributed by atoms with Gasteiger partial charge in [0, 0.05) is 6.92 Å². The summed E-state index contributed by atoms with van der Waals surface area (Å²) in [5, 5.41) is 0. The number of carbonyl (C=O) groups excluding carboxylic acids is 1. The summed E-state index contributed by atoms with van der Waals surface area (Å²) >= 11 is 0. The molecule has 0 unspecified atom stereocenters. The number of carbonyl (C=O) groups is 1. The Labute approximate surface area is 80.8 Å². The van der Waals surface area contributed by atoms with Gasteiger partial charge in [0.15, 0.2) is 0 Å². The van der Waals surface area contributed by atoms with Gasteiger partial charge >= 0.3 is 0 Å². The van der Waals surface area contributed by atoms with Gasteiger partial charge in [-0.3, -0.25) is 4.79 Å². The quantitative estimate of drug-likeness (QED) is 0.791. The van der Waals surface area contributed by atoms with Gasteiger partial charge in [-0.05, 0) is 24.3 Å². The highest BCUT2D eigenvalue weighted by molar-refractivity contribution is 7.90. The molecule has 0 aromatic heterocycles. The third kappa shape index (κ3) is 2.53. The molecule has 1 rings (SSSR count). The normalized spacial score (nSPS) is 11.0. The Hall–Kier alpha value is -1.43. The first-order chi connectivity index (χ1) is 6.42. The van der Waals surface area contributed by atoms with Crippen molar-refractivity contribution in [1.82, 2.24) is 4.72 Å². The fraction of sp³-hybridized carbons (Fsp3) is 0.125. The van der Waals surface area contributed by atoms with E-state index in [9.17, 15) is 17.6 Å². The number of nitrogens with one attached hydrogen (secondary N) is 1. The zero-order valence-electron chi connectivity index (χ0n) is 7.32. The zero-order chi connectivity index (χ0) is 10.8. The smallest absolute Gasteiger partial charge is 0.264 e. The van der Waals surface area contributed by atoms with Crippen molar-refractivity contribution in [3.8, 4) is 0 Å². The monoisotopic (exact) mass is 217 g/mol. The molecule has 0 saturated carbocycles. The first-order valence-electron chi connectivity index (χ1n) is 3.71. The largest absolute Gasteiger partial charge is 0.274 e. The Kier molecular flexibility index (Phi) is 2.85. The number of hydrogen-bond donors (Lipinski definition) is 1. The van der Waals surface area contributed by atoms with Crippen LogP contribution in [-0.4, -0.2) is 14.3 Å². The third-order valence-corrected chi connectivity index (χ3v) is 2.85. The van der Waals surface area contributed by atoms with E-state index in [0.29, 0.717) is 0 Å². The van der Waals surface area contributed by atoms with Crippen molar-refractivity contribution >= 4 is 15.9 Å². The van der Waals surface area contributed by atoms with Gasteiger partial charge in [-0.15, -0.1) is 0 Å². The van der Waals surface area contributed by atoms with E-state index >= 15 is 0 Å². The van der Waals surface area contributed by atoms with Gasteiger partial charge in [0.1, 0.15) is 5.82 Å². The SMILES string of the molecule is CC(=O)NS(=O)(=O)c1ccc(F)cc1. The second-order valence-corrected chi connectivity index (χ2v) is 4.30. The predicted molar refractivity (Wildman–Crippen MR) is 47.4 cm³/mol. The average Bonchev–Trinajstić information content (AvgIpc) is 2.02. The molecule has 0 saturated heterocycles. The van der Waals surface area contributed by atoms with Crippen molar-refractivity contribution in [3.63, 3.8) is 0 Å². The third-order valence-electron chi connectivity index (χ3n) is 1.40. The van der Waals surface area contributed by atoms with E-state index in [4.69, 9.17) is 0 Å². The van der Waals surface area contributed by atoms with Gasteiger partial charge in [0.2, 0.25) is 5.91 Å². The lowest BCUT2D eigenvalue weighted by molar-refractivity contribution is -0.117. The van der Waals surface area contributed by atoms with Crippen LogP contribution in [0.4, 0.5) is 4.39 Å². The van der Waals surface area contributed by atoms with Crippen LogP contribution >= 0.6 is 0 Å². The van der Waals surface area contributed by atoms with Crippen molar-refractivity contribution < 1.29 is 17.6 Å². The Morgan fingerprint density at radius 2 is 1.79 bits per heavy atom. The summed E-state index contributed by atoms with van der Waals surface area (Å²) in [6, 6.07) is 4.19. The number of amides is 1. The molecule has 0 aliphatic rings. The van der Waals surface area contributed by atoms with E-state index in [0.717, 1.165) is 31.2 Å². The van der Waals surface area contributed by atoms with Crippen LogP contribution in [0.25, 0.3) is 0 Å². The lowest BCUT2D eigenvalue weighted by Crippen LogP contribution is -2.28. The maximum absolute atomic E-state index is 12.5. The molecule has 0 heterocycles. The predicted octanol–water partition coefficient (Wildman–Crippen LogP) is 0.651. The van der Waals surface area contributed by atoms with E-state index in [1.54, 1.807) is 4.72 Å². The van der Waals surface area contributed by atoms with Gasteiger partial charge in [-0.2, -0.15) is 0 Å². The molecule has 1 aromatic rings. The maximum atomic E-state index is 12.5. The summed E-state index contributed by atoms with van der Waals surface area (Å²) in [4.78, 5) is 10.4. The number of benzene rings is 1. The van der Waals surface area contributed by atoms with Crippen LogP contribution in [0.15, 0.2) is 29.2 Å². The number of hydrogen-bond acceptors (Lipinski definition) is 3. The van der Waals surface area contributed by atoms with Gasteiger partial charge in [-0.1, -0.05) is 0 Å². The molecule has 76 valence electrons. The second-order valence-electron chi connectivity index (χ2n) is 2.62. The van der Waals surface area contributed by atoms with Crippen LogP contribution in [0, 0.1) is 5.82 Å². The molecule has 0 fully saturated rings. The average molecular weight is 217 g/mol. The van der Waals surface area contributed by atoms with Crippen LogP contribution in [-0.2, 0) is 14.8 Å². The minimum atomic E-state index is -3.84. The van der Waals surface area contributed by atoms with Crippen molar-refractivity contribution in [2.24, 2.45) is 0 Å². The summed E-state index contributed by atoms with van der Waals surface area (Å²) in [7, 11) is -3.84. The van der Waals surface area contributed by atoms with Gasteiger partial charge in [0.25, 0.3) is 10.0 Å². The molecule has 4 nitrogen and oxygen atoms in total. The van der Waals surface area contributed by atoms with E-state index < -0.39 is 21.7 Å². The highest BCUT2D eigenvalue weighted by Crippen LogP contribution is 2.08. The molecular formula is C8H8FNO3S. The van der Waals surface area contributed by atoms with Crippen molar-refractivity contribution in [2.75, 3.05) is 0 Å². The molecule has 6 heteroatoms. The molecule has 0 bridgehead atoms. The molecule has 0 aliphatic carbocycles. The van der Waals surface area contributed by atoms with Crippen LogP contribution < -0.4 is 4.72 Å². The Bertz CT molecular complexity index is 438. The van der Waals surface area contributed by atoms with Crippen LogP contribution in [0.3, 0.4) is 0 Å². The van der Waals surface area contributed by atoms with Crippen molar-refractivity contribution in [1.29, 1.82) is 0 Å². The van der Waals surface area contributed by atoms with Crippen LogP contribution in [0.2, 0.25) is 0 Å². The topological polar surface area (TPSA) is 63.2 Å². The Morgan fingerprint density at radius 1 is 1.29 bits per heavy atom. The second kappa shape index (κ2) is 3.75. The number of rotatable bonds is 2. The highest BCUT2D eigenvalue weighted by atomic mass is 32.2. The summed E-state index contributed by atoms with van der Waals surface area (Å²) in [6.07, 6.45) is 0. The van der Waals surface area contributed by atoms with E-state index in [-0.39, 0.29) is 4.90 Å². The minimum Gasteiger partial charge on any atom is -0.274 e. The molecular weight excluding hydrogens is 209 g/mol. The zero-order valence-corrected chi connectivity index (χ0v) is 8.14. The molecule has 1 aromatic carbocycles. The Morgan fingerprint density at radius 3 is 2.21 bits per heavy atom. The summed E-state index contributed by atoms with van der Waals surface area (Å²) in [5.41, 5.74) is 0. The van der Waals surface area contributed by atoms with Gasteiger partial charge in [-0.25, -0.2) is 17.5 Å². The number of halogens is 1. The van der Waals surface area contributed by atoms with Crippen LogP contribution in [0.5, 0.6) is 0 Å². The molecule has 1 amide bonds. The summed E-state index contributed by atoms with van der Waals surface area (Å²) < 4.78 is 36.8. The molecule has 1 N–H and O–H groups in total.